The molecule has 27 heavy (non-hydrogen) atoms. The number of aryl methyl sites for hydroxylation is 2. The lowest BCUT2D eigenvalue weighted by Crippen LogP contribution is -2.59. The zero-order valence-electron chi connectivity index (χ0n) is 16.3. The molecule has 0 aliphatic carbocycles. The van der Waals surface area contributed by atoms with E-state index in [0.717, 1.165) is 12.8 Å². The molecule has 2 aliphatic heterocycles. The highest BCUT2D eigenvalue weighted by molar-refractivity contribution is 7.91. The second-order valence-electron chi connectivity index (χ2n) is 8.10. The van der Waals surface area contributed by atoms with Crippen molar-refractivity contribution in [1.82, 2.24) is 4.90 Å². The van der Waals surface area contributed by atoms with Crippen LogP contribution < -0.4 is 5.73 Å². The topological polar surface area (TPSA) is 80.5 Å². The monoisotopic (exact) mass is 390 g/mol. The van der Waals surface area contributed by atoms with Gasteiger partial charge in [0.25, 0.3) is 0 Å². The second kappa shape index (κ2) is 7.76. The zero-order chi connectivity index (χ0) is 19.7. The largest absolute Gasteiger partial charge is 0.341 e. The SMILES string of the molecule is Cc1cccc(C)c1/C=C/C1CCN(C(=O)C2(N)CCS(=O)(=O)CC2)CC1. The van der Waals surface area contributed by atoms with Crippen molar-refractivity contribution in [2.45, 2.75) is 45.1 Å². The van der Waals surface area contributed by atoms with E-state index in [1.807, 2.05) is 4.90 Å². The summed E-state index contributed by atoms with van der Waals surface area (Å²) in [6, 6.07) is 6.32. The molecule has 2 heterocycles. The second-order valence-corrected chi connectivity index (χ2v) is 10.4. The first-order valence-electron chi connectivity index (χ1n) is 9.73. The van der Waals surface area contributed by atoms with Gasteiger partial charge in [0, 0.05) is 13.1 Å². The highest BCUT2D eigenvalue weighted by Gasteiger charge is 2.42. The number of rotatable bonds is 3. The van der Waals surface area contributed by atoms with E-state index in [-0.39, 0.29) is 30.3 Å². The molecule has 0 atom stereocenters. The van der Waals surface area contributed by atoms with Gasteiger partial charge in [-0.25, -0.2) is 8.42 Å². The van der Waals surface area contributed by atoms with Crippen LogP contribution in [0.3, 0.4) is 0 Å². The number of sulfone groups is 1. The molecule has 1 aromatic rings. The molecule has 148 valence electrons. The normalized spacial score (nSPS) is 22.9. The number of hydrogen-bond acceptors (Lipinski definition) is 4. The lowest BCUT2D eigenvalue weighted by molar-refractivity contribution is -0.138. The molecule has 2 N–H and O–H groups in total. The van der Waals surface area contributed by atoms with Crippen molar-refractivity contribution in [3.8, 4) is 0 Å². The number of nitrogens with two attached hydrogens (primary N) is 1. The molecule has 1 amide bonds. The maximum Gasteiger partial charge on any atom is 0.242 e. The Morgan fingerprint density at radius 1 is 1.15 bits per heavy atom. The number of nitrogens with zero attached hydrogens (tertiary/aromatic N) is 1. The van der Waals surface area contributed by atoms with Crippen LogP contribution in [-0.2, 0) is 14.6 Å². The molecule has 0 radical (unpaired) electrons. The highest BCUT2D eigenvalue weighted by atomic mass is 32.2. The summed E-state index contributed by atoms with van der Waals surface area (Å²) in [6.07, 6.45) is 6.79. The van der Waals surface area contributed by atoms with Gasteiger partial charge < -0.3 is 10.6 Å². The van der Waals surface area contributed by atoms with Gasteiger partial charge in [-0.05, 0) is 62.1 Å². The van der Waals surface area contributed by atoms with Crippen molar-refractivity contribution in [2.75, 3.05) is 24.6 Å². The summed E-state index contributed by atoms with van der Waals surface area (Å²) in [5, 5.41) is 0. The molecule has 0 saturated carbocycles. The predicted molar refractivity (Wildman–Crippen MR) is 109 cm³/mol. The first-order valence-corrected chi connectivity index (χ1v) is 11.6. The van der Waals surface area contributed by atoms with Gasteiger partial charge in [-0.3, -0.25) is 4.79 Å². The van der Waals surface area contributed by atoms with Gasteiger partial charge in [0.2, 0.25) is 5.91 Å². The number of piperidine rings is 1. The van der Waals surface area contributed by atoms with E-state index in [2.05, 4.69) is 44.2 Å². The molecule has 5 nitrogen and oxygen atoms in total. The number of allylic oxidation sites excluding steroid dienone is 1. The molecule has 6 heteroatoms. The molecule has 0 bridgehead atoms. The van der Waals surface area contributed by atoms with Gasteiger partial charge in [0.05, 0.1) is 17.0 Å². The number of hydrogen-bond donors (Lipinski definition) is 1. The number of carbonyl (C=O) groups is 1. The van der Waals surface area contributed by atoms with E-state index in [4.69, 9.17) is 5.73 Å². The molecule has 1 aromatic carbocycles. The Morgan fingerprint density at radius 2 is 1.70 bits per heavy atom. The first kappa shape index (κ1) is 20.1. The van der Waals surface area contributed by atoms with Crippen LogP contribution in [0.5, 0.6) is 0 Å². The minimum absolute atomic E-state index is 0.0181. The van der Waals surface area contributed by atoms with Crippen molar-refractivity contribution in [3.05, 3.63) is 41.0 Å². The third-order valence-electron chi connectivity index (χ3n) is 6.05. The van der Waals surface area contributed by atoms with E-state index in [0.29, 0.717) is 19.0 Å². The smallest absolute Gasteiger partial charge is 0.242 e. The summed E-state index contributed by atoms with van der Waals surface area (Å²) < 4.78 is 23.3. The van der Waals surface area contributed by atoms with Crippen LogP contribution in [0.1, 0.15) is 42.4 Å². The summed E-state index contributed by atoms with van der Waals surface area (Å²) in [6.45, 7) is 5.62. The molecule has 0 spiro atoms. The molecule has 0 unspecified atom stereocenters. The fourth-order valence-electron chi connectivity index (χ4n) is 4.05. The van der Waals surface area contributed by atoms with Crippen molar-refractivity contribution >= 4 is 21.8 Å². The predicted octanol–water partition coefficient (Wildman–Crippen LogP) is 2.46. The maximum atomic E-state index is 12.8. The molecule has 2 fully saturated rings. The summed E-state index contributed by atoms with van der Waals surface area (Å²) >= 11 is 0. The van der Waals surface area contributed by atoms with Gasteiger partial charge in [-0.2, -0.15) is 0 Å². The average Bonchev–Trinajstić information content (AvgIpc) is 2.64. The van der Waals surface area contributed by atoms with Crippen LogP contribution in [0.15, 0.2) is 24.3 Å². The van der Waals surface area contributed by atoms with E-state index in [9.17, 15) is 13.2 Å². The Bertz CT molecular complexity index is 803. The summed E-state index contributed by atoms with van der Waals surface area (Å²) in [4.78, 5) is 14.7. The van der Waals surface area contributed by atoms with Crippen LogP contribution in [0, 0.1) is 19.8 Å². The van der Waals surface area contributed by atoms with E-state index in [1.165, 1.54) is 16.7 Å². The molecule has 3 rings (SSSR count). The molecule has 2 saturated heterocycles. The fourth-order valence-corrected chi connectivity index (χ4v) is 5.60. The van der Waals surface area contributed by atoms with Gasteiger partial charge >= 0.3 is 0 Å². The quantitative estimate of drug-likeness (QED) is 0.860. The highest BCUT2D eigenvalue weighted by Crippen LogP contribution is 2.27. The summed E-state index contributed by atoms with van der Waals surface area (Å²) in [7, 11) is -3.03. The number of likely N-dealkylation sites (tertiary alicyclic amines) is 1. The summed E-state index contributed by atoms with van der Waals surface area (Å²) in [5.41, 5.74) is 9.11. The average molecular weight is 391 g/mol. The minimum Gasteiger partial charge on any atom is -0.341 e. The van der Waals surface area contributed by atoms with E-state index in [1.54, 1.807) is 0 Å². The minimum atomic E-state index is -3.03. The molecule has 0 aromatic heterocycles. The number of amides is 1. The lowest BCUT2D eigenvalue weighted by Gasteiger charge is -2.39. The number of carbonyl (C=O) groups excluding carboxylic acids is 1. The Balaban J connectivity index is 1.57. The Morgan fingerprint density at radius 3 is 2.26 bits per heavy atom. The van der Waals surface area contributed by atoms with Crippen LogP contribution in [-0.4, -0.2) is 49.4 Å². The van der Waals surface area contributed by atoms with Crippen molar-refractivity contribution < 1.29 is 13.2 Å². The standard InChI is InChI=1S/C21H30N2O3S/c1-16-4-3-5-17(2)19(16)7-6-18-8-12-23(13-9-18)20(24)21(22)10-14-27(25,26)15-11-21/h3-7,18H,8-15,22H2,1-2H3/b7-6+. The van der Waals surface area contributed by atoms with Crippen LogP contribution >= 0.6 is 0 Å². The van der Waals surface area contributed by atoms with Gasteiger partial charge in [0.1, 0.15) is 9.84 Å². The fraction of sp³-hybridized carbons (Fsp3) is 0.571. The number of benzene rings is 1. The van der Waals surface area contributed by atoms with E-state index >= 15 is 0 Å². The van der Waals surface area contributed by atoms with Crippen molar-refractivity contribution in [1.29, 1.82) is 0 Å². The van der Waals surface area contributed by atoms with Crippen LogP contribution in [0.25, 0.3) is 6.08 Å². The Kier molecular flexibility index (Phi) is 5.77. The van der Waals surface area contributed by atoms with Gasteiger partial charge in [-0.1, -0.05) is 30.4 Å². The molecular weight excluding hydrogens is 360 g/mol. The van der Waals surface area contributed by atoms with Gasteiger partial charge in [0.15, 0.2) is 0 Å². The van der Waals surface area contributed by atoms with Crippen molar-refractivity contribution in [2.24, 2.45) is 11.7 Å². The zero-order valence-corrected chi connectivity index (χ0v) is 17.1. The lowest BCUT2D eigenvalue weighted by atomic mass is 9.89. The van der Waals surface area contributed by atoms with Crippen LogP contribution in [0.4, 0.5) is 0 Å². The van der Waals surface area contributed by atoms with E-state index < -0.39 is 15.4 Å². The molecular formula is C21H30N2O3S. The molecule has 2 aliphatic rings. The third kappa shape index (κ3) is 4.61. The summed E-state index contributed by atoms with van der Waals surface area (Å²) in [5.74, 6) is 0.414. The van der Waals surface area contributed by atoms with Gasteiger partial charge in [-0.15, -0.1) is 0 Å². The Labute approximate surface area is 162 Å². The first-order chi connectivity index (χ1) is 12.7. The Hall–Kier alpha value is -1.66. The maximum absolute atomic E-state index is 12.8. The van der Waals surface area contributed by atoms with Crippen LogP contribution in [0.2, 0.25) is 0 Å². The third-order valence-corrected chi connectivity index (χ3v) is 7.70. The van der Waals surface area contributed by atoms with Crippen molar-refractivity contribution in [3.63, 3.8) is 0 Å².